The molecule has 0 radical (unpaired) electrons. The average Bonchev–Trinajstić information content (AvgIpc) is 3.01. The van der Waals surface area contributed by atoms with Gasteiger partial charge in [-0.05, 0) is 31.9 Å². The van der Waals surface area contributed by atoms with Crippen LogP contribution < -0.4 is 0 Å². The molecule has 2 aromatic heterocycles. The van der Waals surface area contributed by atoms with Gasteiger partial charge in [-0.25, -0.2) is 0 Å². The summed E-state index contributed by atoms with van der Waals surface area (Å²) in [5.74, 6) is -1.69. The first-order valence-electron chi connectivity index (χ1n) is 8.55. The minimum Gasteiger partial charge on any atom is -0.468 e. The van der Waals surface area contributed by atoms with Crippen molar-refractivity contribution in [1.82, 2.24) is 4.40 Å². The van der Waals surface area contributed by atoms with E-state index in [-0.39, 0.29) is 24.0 Å². The van der Waals surface area contributed by atoms with Gasteiger partial charge in [-0.2, -0.15) is 0 Å². The Bertz CT molecular complexity index is 987. The zero-order valence-electron chi connectivity index (χ0n) is 15.7. The van der Waals surface area contributed by atoms with E-state index in [0.717, 1.165) is 20.4 Å². The SMILES string of the molecule is COC(=O)C1(C(=O)OC)CCC(C)(O)c2c1c(/C=C/[N+](=O)[O-])c1ccccn21. The summed E-state index contributed by atoms with van der Waals surface area (Å²) >= 11 is 0. The number of hydrogen-bond donors (Lipinski definition) is 1. The first-order valence-corrected chi connectivity index (χ1v) is 8.55. The Kier molecular flexibility index (Phi) is 4.72. The van der Waals surface area contributed by atoms with E-state index >= 15 is 0 Å². The van der Waals surface area contributed by atoms with Gasteiger partial charge < -0.3 is 19.0 Å². The molecule has 1 N–H and O–H groups in total. The molecule has 9 heteroatoms. The molecule has 0 fully saturated rings. The normalized spacial score (nSPS) is 20.7. The summed E-state index contributed by atoms with van der Waals surface area (Å²) < 4.78 is 11.5. The molecule has 2 heterocycles. The summed E-state index contributed by atoms with van der Waals surface area (Å²) in [5, 5.41) is 22.0. The standard InChI is InChI=1S/C19H20N2O7/c1-18(24)8-9-19(16(22)27-2,17(23)28-3)14-12(7-11-21(25)26)13-6-4-5-10-20(13)15(14)18/h4-7,10-11,24H,8-9H2,1-3H3/b11-7+. The first kappa shape index (κ1) is 19.6. The van der Waals surface area contributed by atoms with Gasteiger partial charge in [0.25, 0.3) is 0 Å². The third-order valence-corrected chi connectivity index (χ3v) is 5.24. The molecule has 2 aromatic rings. The largest absolute Gasteiger partial charge is 0.468 e. The van der Waals surface area contributed by atoms with Gasteiger partial charge in [0.2, 0.25) is 6.20 Å². The van der Waals surface area contributed by atoms with Gasteiger partial charge >= 0.3 is 11.9 Å². The maximum Gasteiger partial charge on any atom is 0.327 e. The molecule has 0 saturated carbocycles. The molecule has 28 heavy (non-hydrogen) atoms. The van der Waals surface area contributed by atoms with Crippen molar-refractivity contribution < 1.29 is 29.1 Å². The van der Waals surface area contributed by atoms with Crippen molar-refractivity contribution in [3.8, 4) is 0 Å². The summed E-state index contributed by atoms with van der Waals surface area (Å²) in [7, 11) is 2.31. The Morgan fingerprint density at radius 3 is 2.46 bits per heavy atom. The fraction of sp³-hybridized carbons (Fsp3) is 0.368. The van der Waals surface area contributed by atoms with E-state index in [1.54, 1.807) is 35.7 Å². The molecule has 1 atom stereocenters. The Balaban J connectivity index is 2.53. The van der Waals surface area contributed by atoms with Crippen molar-refractivity contribution in [3.05, 3.63) is 57.5 Å². The predicted octanol–water partition coefficient (Wildman–Crippen LogP) is 1.77. The van der Waals surface area contributed by atoms with Crippen LogP contribution in [0.4, 0.5) is 0 Å². The fourth-order valence-electron chi connectivity index (χ4n) is 4.01. The number of nitrogens with zero attached hydrogens (tertiary/aromatic N) is 2. The van der Waals surface area contributed by atoms with Crippen molar-refractivity contribution in [2.24, 2.45) is 0 Å². The van der Waals surface area contributed by atoms with Crippen LogP contribution in [-0.4, -0.2) is 40.6 Å². The molecule has 0 aliphatic heterocycles. The van der Waals surface area contributed by atoms with Crippen LogP contribution in [0.1, 0.15) is 36.6 Å². The number of carbonyl (C=O) groups excluding carboxylic acids is 2. The lowest BCUT2D eigenvalue weighted by Gasteiger charge is -2.39. The topological polar surface area (TPSA) is 120 Å². The smallest absolute Gasteiger partial charge is 0.327 e. The number of aliphatic hydroxyl groups is 1. The number of carbonyl (C=O) groups is 2. The highest BCUT2D eigenvalue weighted by molar-refractivity contribution is 6.08. The third kappa shape index (κ3) is 2.66. The molecule has 148 valence electrons. The van der Waals surface area contributed by atoms with Crippen LogP contribution in [0.15, 0.2) is 30.6 Å². The Labute approximate surface area is 160 Å². The quantitative estimate of drug-likeness (QED) is 0.367. The lowest BCUT2D eigenvalue weighted by molar-refractivity contribution is -0.400. The van der Waals surface area contributed by atoms with E-state index in [4.69, 9.17) is 9.47 Å². The molecule has 3 rings (SSSR count). The van der Waals surface area contributed by atoms with E-state index in [1.165, 1.54) is 6.08 Å². The van der Waals surface area contributed by atoms with Gasteiger partial charge in [0, 0.05) is 23.4 Å². The average molecular weight is 388 g/mol. The van der Waals surface area contributed by atoms with Gasteiger partial charge in [0.05, 0.1) is 30.4 Å². The van der Waals surface area contributed by atoms with Gasteiger partial charge in [-0.1, -0.05) is 6.07 Å². The van der Waals surface area contributed by atoms with E-state index in [9.17, 15) is 24.8 Å². The van der Waals surface area contributed by atoms with E-state index < -0.39 is 27.9 Å². The fourth-order valence-corrected chi connectivity index (χ4v) is 4.01. The summed E-state index contributed by atoms with van der Waals surface area (Å²) in [6.45, 7) is 1.57. The predicted molar refractivity (Wildman–Crippen MR) is 97.9 cm³/mol. The molecule has 1 unspecified atom stereocenters. The van der Waals surface area contributed by atoms with Crippen LogP contribution in [0.25, 0.3) is 11.6 Å². The van der Waals surface area contributed by atoms with Crippen molar-refractivity contribution in [2.75, 3.05) is 14.2 Å². The van der Waals surface area contributed by atoms with Crippen LogP contribution in [0.3, 0.4) is 0 Å². The zero-order chi connectivity index (χ0) is 20.7. The van der Waals surface area contributed by atoms with Crippen molar-refractivity contribution in [2.45, 2.75) is 30.8 Å². The lowest BCUT2D eigenvalue weighted by atomic mass is 9.66. The number of ether oxygens (including phenoxy) is 2. The molecule has 1 aliphatic rings. The number of esters is 2. The van der Waals surface area contributed by atoms with Crippen LogP contribution in [0.5, 0.6) is 0 Å². The van der Waals surface area contributed by atoms with Crippen molar-refractivity contribution >= 4 is 23.5 Å². The summed E-state index contributed by atoms with van der Waals surface area (Å²) in [6.07, 6.45) is 3.63. The van der Waals surface area contributed by atoms with E-state index in [2.05, 4.69) is 0 Å². The molecular formula is C19H20N2O7. The summed E-state index contributed by atoms with van der Waals surface area (Å²) in [6, 6.07) is 5.13. The third-order valence-electron chi connectivity index (χ3n) is 5.24. The molecule has 1 aliphatic carbocycles. The van der Waals surface area contributed by atoms with Gasteiger partial charge in [0.1, 0.15) is 5.60 Å². The second kappa shape index (κ2) is 6.75. The summed E-state index contributed by atoms with van der Waals surface area (Å²) in [4.78, 5) is 36.0. The second-order valence-electron chi connectivity index (χ2n) is 6.86. The van der Waals surface area contributed by atoms with Crippen molar-refractivity contribution in [3.63, 3.8) is 0 Å². The molecule has 0 amide bonds. The molecule has 0 aromatic carbocycles. The van der Waals surface area contributed by atoms with Gasteiger partial charge in [0.15, 0.2) is 5.41 Å². The number of rotatable bonds is 4. The Hall–Kier alpha value is -3.20. The number of fused-ring (bicyclic) bond motifs is 3. The van der Waals surface area contributed by atoms with Crippen molar-refractivity contribution in [1.29, 1.82) is 0 Å². The minimum absolute atomic E-state index is 0.0669. The second-order valence-corrected chi connectivity index (χ2v) is 6.86. The zero-order valence-corrected chi connectivity index (χ0v) is 15.7. The van der Waals surface area contributed by atoms with Gasteiger partial charge in [-0.15, -0.1) is 0 Å². The number of pyridine rings is 1. The maximum atomic E-state index is 12.9. The monoisotopic (exact) mass is 388 g/mol. The van der Waals surface area contributed by atoms with Crippen LogP contribution in [0, 0.1) is 10.1 Å². The number of nitro groups is 1. The number of methoxy groups -OCH3 is 2. The number of hydrogen-bond acceptors (Lipinski definition) is 7. The highest BCUT2D eigenvalue weighted by atomic mass is 16.6. The van der Waals surface area contributed by atoms with E-state index in [0.29, 0.717) is 11.2 Å². The molecular weight excluding hydrogens is 368 g/mol. The lowest BCUT2D eigenvalue weighted by Crippen LogP contribution is -2.51. The molecule has 0 bridgehead atoms. The molecule has 0 saturated heterocycles. The van der Waals surface area contributed by atoms with Crippen LogP contribution >= 0.6 is 0 Å². The van der Waals surface area contributed by atoms with Crippen LogP contribution in [-0.2, 0) is 30.1 Å². The van der Waals surface area contributed by atoms with Gasteiger partial charge in [-0.3, -0.25) is 19.7 Å². The first-order chi connectivity index (χ1) is 13.2. The number of aromatic nitrogens is 1. The highest BCUT2D eigenvalue weighted by Crippen LogP contribution is 2.50. The molecule has 9 nitrogen and oxygen atoms in total. The minimum atomic E-state index is -1.84. The van der Waals surface area contributed by atoms with E-state index in [1.807, 2.05) is 0 Å². The molecule has 0 spiro atoms. The summed E-state index contributed by atoms with van der Waals surface area (Å²) in [5.41, 5.74) is -1.98. The highest BCUT2D eigenvalue weighted by Gasteiger charge is 2.58. The Morgan fingerprint density at radius 2 is 1.89 bits per heavy atom. The maximum absolute atomic E-state index is 12.9. The van der Waals surface area contributed by atoms with Crippen LogP contribution in [0.2, 0.25) is 0 Å². The Morgan fingerprint density at radius 1 is 1.25 bits per heavy atom.